The summed E-state index contributed by atoms with van der Waals surface area (Å²) in [7, 11) is 0. The minimum absolute atomic E-state index is 0.00664. The number of ether oxygens (including phenoxy) is 2. The first-order valence-electron chi connectivity index (χ1n) is 10.2. The Morgan fingerprint density at radius 1 is 1.23 bits per heavy atom. The van der Waals surface area contributed by atoms with Crippen molar-refractivity contribution < 1.29 is 27.4 Å². The highest BCUT2D eigenvalue weighted by Crippen LogP contribution is 2.45. The van der Waals surface area contributed by atoms with Crippen LogP contribution in [0.4, 0.5) is 13.2 Å². The molecular formula is C21H23F3N4O3. The lowest BCUT2D eigenvalue weighted by atomic mass is 9.98. The maximum atomic E-state index is 13.4. The summed E-state index contributed by atoms with van der Waals surface area (Å²) in [6, 6.07) is 3.29. The van der Waals surface area contributed by atoms with Gasteiger partial charge in [-0.2, -0.15) is 13.2 Å². The Kier molecular flexibility index (Phi) is 5.49. The zero-order valence-electron chi connectivity index (χ0n) is 17.4. The van der Waals surface area contributed by atoms with E-state index in [9.17, 15) is 18.0 Å². The Morgan fingerprint density at radius 2 is 2.00 bits per heavy atom. The van der Waals surface area contributed by atoms with Gasteiger partial charge < -0.3 is 14.4 Å². The summed E-state index contributed by atoms with van der Waals surface area (Å²) in [5.41, 5.74) is -0.113. The van der Waals surface area contributed by atoms with Crippen LogP contribution in [0, 0.1) is 12.8 Å². The Bertz CT molecular complexity index is 967. The van der Waals surface area contributed by atoms with Crippen molar-refractivity contribution in [1.29, 1.82) is 0 Å². The first kappa shape index (κ1) is 21.3. The fourth-order valence-electron chi connectivity index (χ4n) is 4.46. The molecular weight excluding hydrogens is 413 g/mol. The number of carbonyl (C=O) groups is 1. The number of piperidine rings is 1. The first-order valence-corrected chi connectivity index (χ1v) is 10.2. The average molecular weight is 436 g/mol. The van der Waals surface area contributed by atoms with Crippen LogP contribution in [-0.2, 0) is 6.18 Å². The third-order valence-corrected chi connectivity index (χ3v) is 5.91. The minimum atomic E-state index is -4.56. The van der Waals surface area contributed by atoms with Gasteiger partial charge in [0, 0.05) is 11.7 Å². The number of pyridine rings is 1. The molecule has 31 heavy (non-hydrogen) atoms. The highest BCUT2D eigenvalue weighted by molar-refractivity contribution is 5.95. The zero-order chi connectivity index (χ0) is 22.3. The Hall–Kier alpha value is -2.91. The molecule has 166 valence electrons. The third kappa shape index (κ3) is 4.03. The summed E-state index contributed by atoms with van der Waals surface area (Å²) < 4.78 is 49.6. The molecule has 3 heterocycles. The molecule has 0 radical (unpaired) electrons. The van der Waals surface area contributed by atoms with Crippen LogP contribution in [0.25, 0.3) is 0 Å². The SMILES string of the molecule is CCOc1ccc(C)nc1C(=O)N1[C@H](C)[C@H]2C[C@@H](Oc3cnc(C(F)(F)F)cn3)[C@@H]1C2. The molecule has 1 amide bonds. The van der Waals surface area contributed by atoms with Crippen molar-refractivity contribution in [3.8, 4) is 11.6 Å². The number of halogens is 3. The summed E-state index contributed by atoms with van der Waals surface area (Å²) in [6.45, 7) is 6.04. The van der Waals surface area contributed by atoms with E-state index in [0.717, 1.165) is 12.6 Å². The van der Waals surface area contributed by atoms with Gasteiger partial charge in [-0.05, 0) is 51.7 Å². The van der Waals surface area contributed by atoms with Crippen LogP contribution < -0.4 is 9.47 Å². The Morgan fingerprint density at radius 3 is 2.61 bits per heavy atom. The van der Waals surface area contributed by atoms with E-state index >= 15 is 0 Å². The number of amides is 1. The molecule has 10 heteroatoms. The number of nitrogens with zero attached hydrogens (tertiary/aromatic N) is 4. The fraction of sp³-hybridized carbons (Fsp3) is 0.524. The second-order valence-electron chi connectivity index (χ2n) is 7.88. The molecule has 2 aromatic heterocycles. The normalized spacial score (nSPS) is 25.0. The predicted molar refractivity (Wildman–Crippen MR) is 104 cm³/mol. The lowest BCUT2D eigenvalue weighted by Crippen LogP contribution is -2.51. The number of alkyl halides is 3. The monoisotopic (exact) mass is 436 g/mol. The molecule has 0 spiro atoms. The van der Waals surface area contributed by atoms with Crippen molar-refractivity contribution in [1.82, 2.24) is 19.9 Å². The number of aromatic nitrogens is 3. The molecule has 2 bridgehead atoms. The topological polar surface area (TPSA) is 77.4 Å². The number of likely N-dealkylation sites (tertiary alicyclic amines) is 1. The van der Waals surface area contributed by atoms with Gasteiger partial charge in [0.15, 0.2) is 17.1 Å². The van der Waals surface area contributed by atoms with E-state index in [0.29, 0.717) is 30.7 Å². The van der Waals surface area contributed by atoms with Crippen LogP contribution in [0.15, 0.2) is 24.5 Å². The van der Waals surface area contributed by atoms with Crippen molar-refractivity contribution in [3.63, 3.8) is 0 Å². The average Bonchev–Trinajstić information content (AvgIpc) is 3.26. The maximum absolute atomic E-state index is 13.4. The number of rotatable bonds is 5. The second-order valence-corrected chi connectivity index (χ2v) is 7.88. The van der Waals surface area contributed by atoms with Crippen molar-refractivity contribution in [2.75, 3.05) is 6.61 Å². The van der Waals surface area contributed by atoms with Crippen molar-refractivity contribution in [3.05, 3.63) is 41.6 Å². The van der Waals surface area contributed by atoms with E-state index in [1.54, 1.807) is 24.0 Å². The van der Waals surface area contributed by atoms with Crippen LogP contribution >= 0.6 is 0 Å². The van der Waals surface area contributed by atoms with Gasteiger partial charge in [-0.25, -0.2) is 15.0 Å². The molecule has 0 aromatic carbocycles. The molecule has 0 unspecified atom stereocenters. The molecule has 2 fully saturated rings. The standard InChI is InChI=1S/C21H23F3N4O3/c1-4-30-15-6-5-11(2)27-19(15)20(29)28-12(3)13-7-14(28)16(8-13)31-18-10-25-17(9-26-18)21(22,23)24/h5-6,9-10,12-14,16H,4,7-8H2,1-3H3/t12-,13-,14+,16-/m1/s1. The Labute approximate surface area is 177 Å². The van der Waals surface area contributed by atoms with Gasteiger partial charge in [0.2, 0.25) is 5.88 Å². The molecule has 2 aromatic rings. The van der Waals surface area contributed by atoms with Gasteiger partial charge in [-0.15, -0.1) is 0 Å². The lowest BCUT2D eigenvalue weighted by Gasteiger charge is -2.37. The largest absolute Gasteiger partial charge is 0.491 e. The van der Waals surface area contributed by atoms with Crippen LogP contribution in [0.3, 0.4) is 0 Å². The van der Waals surface area contributed by atoms with E-state index in [1.165, 1.54) is 0 Å². The minimum Gasteiger partial charge on any atom is -0.491 e. The molecule has 4 rings (SSSR count). The smallest absolute Gasteiger partial charge is 0.434 e. The van der Waals surface area contributed by atoms with E-state index in [4.69, 9.17) is 9.47 Å². The predicted octanol–water partition coefficient (Wildman–Crippen LogP) is 3.67. The van der Waals surface area contributed by atoms with Crippen LogP contribution in [0.5, 0.6) is 11.6 Å². The molecule has 1 aliphatic heterocycles. The van der Waals surface area contributed by atoms with Gasteiger partial charge in [0.05, 0.1) is 25.0 Å². The van der Waals surface area contributed by atoms with E-state index < -0.39 is 11.9 Å². The number of aryl methyl sites for hydroxylation is 1. The summed E-state index contributed by atoms with van der Waals surface area (Å²) in [5.74, 6) is 0.425. The van der Waals surface area contributed by atoms with Crippen LogP contribution in [0.1, 0.15) is 48.6 Å². The van der Waals surface area contributed by atoms with Gasteiger partial charge in [-0.3, -0.25) is 4.79 Å². The van der Waals surface area contributed by atoms with Crippen molar-refractivity contribution >= 4 is 5.91 Å². The highest BCUT2D eigenvalue weighted by Gasteiger charge is 2.53. The van der Waals surface area contributed by atoms with Gasteiger partial charge >= 0.3 is 6.18 Å². The number of hydrogen-bond donors (Lipinski definition) is 0. The quantitative estimate of drug-likeness (QED) is 0.712. The maximum Gasteiger partial charge on any atom is 0.434 e. The van der Waals surface area contributed by atoms with Gasteiger partial charge in [0.1, 0.15) is 6.10 Å². The molecule has 0 N–H and O–H groups in total. The van der Waals surface area contributed by atoms with Gasteiger partial charge in [-0.1, -0.05) is 0 Å². The van der Waals surface area contributed by atoms with E-state index in [-0.39, 0.29) is 41.6 Å². The first-order chi connectivity index (χ1) is 14.7. The summed E-state index contributed by atoms with van der Waals surface area (Å²) in [6.07, 6.45) is -1.87. The number of fused-ring (bicyclic) bond motifs is 2. The molecule has 1 aliphatic carbocycles. The summed E-state index contributed by atoms with van der Waals surface area (Å²) in [4.78, 5) is 26.7. The number of hydrogen-bond acceptors (Lipinski definition) is 6. The fourth-order valence-corrected chi connectivity index (χ4v) is 4.46. The molecule has 1 saturated carbocycles. The van der Waals surface area contributed by atoms with Crippen LogP contribution in [0.2, 0.25) is 0 Å². The Balaban J connectivity index is 1.54. The lowest BCUT2D eigenvalue weighted by molar-refractivity contribution is -0.141. The molecule has 7 nitrogen and oxygen atoms in total. The van der Waals surface area contributed by atoms with E-state index in [2.05, 4.69) is 15.0 Å². The summed E-state index contributed by atoms with van der Waals surface area (Å²) in [5, 5.41) is 0. The molecule has 1 saturated heterocycles. The van der Waals surface area contributed by atoms with E-state index in [1.807, 2.05) is 13.8 Å². The van der Waals surface area contributed by atoms with Crippen molar-refractivity contribution in [2.24, 2.45) is 5.92 Å². The molecule has 4 atom stereocenters. The summed E-state index contributed by atoms with van der Waals surface area (Å²) >= 11 is 0. The highest BCUT2D eigenvalue weighted by atomic mass is 19.4. The zero-order valence-corrected chi connectivity index (χ0v) is 17.4. The number of carbonyl (C=O) groups excluding carboxylic acids is 1. The van der Waals surface area contributed by atoms with Crippen LogP contribution in [-0.4, -0.2) is 50.6 Å². The molecule has 2 aliphatic rings. The van der Waals surface area contributed by atoms with Gasteiger partial charge in [0.25, 0.3) is 5.91 Å². The second kappa shape index (κ2) is 7.97. The van der Waals surface area contributed by atoms with Crippen molar-refractivity contribution in [2.45, 2.75) is 58.0 Å². The third-order valence-electron chi connectivity index (χ3n) is 5.91.